The summed E-state index contributed by atoms with van der Waals surface area (Å²) in [5.41, 5.74) is 2.75. The maximum Gasteiger partial charge on any atom is 0.327 e. The van der Waals surface area contributed by atoms with Gasteiger partial charge in [0.2, 0.25) is 0 Å². The Morgan fingerprint density at radius 3 is 2.94 bits per heavy atom. The van der Waals surface area contributed by atoms with Crippen molar-refractivity contribution < 1.29 is 4.79 Å². The quantitative estimate of drug-likeness (QED) is 0.830. The van der Waals surface area contributed by atoms with E-state index in [1.807, 2.05) is 0 Å². The summed E-state index contributed by atoms with van der Waals surface area (Å²) in [5.74, 6) is 0. The third-order valence-corrected chi connectivity index (χ3v) is 3.41. The number of aryl methyl sites for hydroxylation is 1. The lowest BCUT2D eigenvalue weighted by Gasteiger charge is -2.25. The van der Waals surface area contributed by atoms with E-state index in [1.54, 1.807) is 12.4 Å². The molecule has 1 aromatic carbocycles. The van der Waals surface area contributed by atoms with Crippen molar-refractivity contribution in [2.24, 2.45) is 0 Å². The zero-order chi connectivity index (χ0) is 12.4. The van der Waals surface area contributed by atoms with Gasteiger partial charge >= 0.3 is 6.03 Å². The Bertz CT molecular complexity index is 548. The molecule has 0 bridgehead atoms. The van der Waals surface area contributed by atoms with Crippen LogP contribution in [0.25, 0.3) is 0 Å². The molecule has 1 amide bonds. The highest BCUT2D eigenvalue weighted by molar-refractivity contribution is 5.76. The highest BCUT2D eigenvalue weighted by Gasteiger charge is 2.20. The van der Waals surface area contributed by atoms with E-state index in [4.69, 9.17) is 0 Å². The van der Waals surface area contributed by atoms with Crippen LogP contribution in [0, 0.1) is 0 Å². The first-order valence-electron chi connectivity index (χ1n) is 6.18. The second kappa shape index (κ2) is 4.64. The van der Waals surface area contributed by atoms with E-state index < -0.39 is 0 Å². The zero-order valence-corrected chi connectivity index (χ0v) is 10.0. The van der Waals surface area contributed by atoms with Crippen molar-refractivity contribution in [3.8, 4) is 0 Å². The molecule has 1 aliphatic rings. The Morgan fingerprint density at radius 1 is 1.33 bits per heavy atom. The van der Waals surface area contributed by atoms with E-state index in [2.05, 4.69) is 34.6 Å². The van der Waals surface area contributed by atoms with Gasteiger partial charge in [0, 0.05) is 18.4 Å². The molecule has 1 unspecified atom stereocenters. The van der Waals surface area contributed by atoms with Crippen LogP contribution in [0.4, 0.5) is 4.79 Å². The molecular weight excluding hydrogens is 226 g/mol. The Morgan fingerprint density at radius 2 is 2.17 bits per heavy atom. The van der Waals surface area contributed by atoms with Crippen LogP contribution in [0.2, 0.25) is 0 Å². The molecule has 1 heterocycles. The molecule has 3 rings (SSSR count). The number of hydrogen-bond donors (Lipinski definition) is 1. The van der Waals surface area contributed by atoms with Gasteiger partial charge in [-0.3, -0.25) is 4.57 Å². The van der Waals surface area contributed by atoms with E-state index in [0.29, 0.717) is 0 Å². The van der Waals surface area contributed by atoms with Gasteiger partial charge in [-0.05, 0) is 30.4 Å². The molecule has 0 radical (unpaired) electrons. The fourth-order valence-electron chi connectivity index (χ4n) is 2.45. The van der Waals surface area contributed by atoms with Crippen molar-refractivity contribution in [3.63, 3.8) is 0 Å². The Kier molecular flexibility index (Phi) is 2.84. The molecule has 0 aliphatic heterocycles. The van der Waals surface area contributed by atoms with E-state index in [-0.39, 0.29) is 12.1 Å². The van der Waals surface area contributed by atoms with Crippen LogP contribution in [0.15, 0.2) is 43.0 Å². The minimum absolute atomic E-state index is 0.100. The fraction of sp³-hybridized carbons (Fsp3) is 0.286. The third kappa shape index (κ3) is 2.14. The molecule has 1 aromatic heterocycles. The number of fused-ring (bicyclic) bond motifs is 1. The Labute approximate surface area is 106 Å². The van der Waals surface area contributed by atoms with Crippen molar-refractivity contribution in [3.05, 3.63) is 54.1 Å². The summed E-state index contributed by atoms with van der Waals surface area (Å²) >= 11 is 0. The van der Waals surface area contributed by atoms with Crippen molar-refractivity contribution in [1.29, 1.82) is 0 Å². The maximum absolute atomic E-state index is 11.9. The molecule has 1 aliphatic carbocycles. The summed E-state index contributed by atoms with van der Waals surface area (Å²) in [6.07, 6.45) is 7.73. The predicted molar refractivity (Wildman–Crippen MR) is 68.4 cm³/mol. The molecule has 0 saturated carbocycles. The number of hydrogen-bond acceptors (Lipinski definition) is 2. The number of nitrogens with zero attached hydrogens (tertiary/aromatic N) is 2. The highest BCUT2D eigenvalue weighted by Crippen LogP contribution is 2.20. The molecule has 2 aromatic rings. The largest absolute Gasteiger partial charge is 0.334 e. The molecule has 0 saturated heterocycles. The van der Waals surface area contributed by atoms with Crippen LogP contribution >= 0.6 is 0 Å². The lowest BCUT2D eigenvalue weighted by atomic mass is 9.88. The monoisotopic (exact) mass is 241 g/mol. The van der Waals surface area contributed by atoms with Crippen LogP contribution in [0.3, 0.4) is 0 Å². The van der Waals surface area contributed by atoms with Crippen LogP contribution in [-0.4, -0.2) is 21.6 Å². The molecule has 18 heavy (non-hydrogen) atoms. The van der Waals surface area contributed by atoms with E-state index >= 15 is 0 Å². The summed E-state index contributed by atoms with van der Waals surface area (Å²) in [6.45, 7) is 0. The summed E-state index contributed by atoms with van der Waals surface area (Å²) < 4.78 is 1.47. The van der Waals surface area contributed by atoms with Gasteiger partial charge < -0.3 is 5.32 Å². The first-order chi connectivity index (χ1) is 8.83. The standard InChI is InChI=1S/C14H15N3O/c18-14(17-8-7-15-10-17)16-13-6-5-11-3-1-2-4-12(11)9-13/h1-4,7-8,10,13H,5-6,9H2,(H,16,18). The molecular formula is C14H15N3O. The summed E-state index contributed by atoms with van der Waals surface area (Å²) in [7, 11) is 0. The first kappa shape index (κ1) is 11.0. The van der Waals surface area contributed by atoms with Crippen molar-refractivity contribution in [2.45, 2.75) is 25.3 Å². The number of carbonyl (C=O) groups is 1. The van der Waals surface area contributed by atoms with Crippen LogP contribution < -0.4 is 5.32 Å². The van der Waals surface area contributed by atoms with Crippen LogP contribution in [0.5, 0.6) is 0 Å². The van der Waals surface area contributed by atoms with E-state index in [0.717, 1.165) is 19.3 Å². The van der Waals surface area contributed by atoms with Gasteiger partial charge in [-0.2, -0.15) is 0 Å². The van der Waals surface area contributed by atoms with Gasteiger partial charge in [0.05, 0.1) is 0 Å². The third-order valence-electron chi connectivity index (χ3n) is 3.41. The normalized spacial score (nSPS) is 18.1. The smallest absolute Gasteiger partial charge is 0.327 e. The summed E-state index contributed by atoms with van der Waals surface area (Å²) in [4.78, 5) is 15.8. The average Bonchev–Trinajstić information content (AvgIpc) is 2.92. The molecule has 1 atom stereocenters. The number of imidazole rings is 1. The highest BCUT2D eigenvalue weighted by atomic mass is 16.2. The summed E-state index contributed by atoms with van der Waals surface area (Å²) in [5, 5.41) is 3.05. The SMILES string of the molecule is O=C(NC1CCc2ccccc2C1)n1ccnc1. The van der Waals surface area contributed by atoms with Gasteiger partial charge in [-0.15, -0.1) is 0 Å². The van der Waals surface area contributed by atoms with E-state index in [1.165, 1.54) is 22.0 Å². The number of amides is 1. The lowest BCUT2D eigenvalue weighted by molar-refractivity contribution is 0.237. The minimum Gasteiger partial charge on any atom is -0.334 e. The topological polar surface area (TPSA) is 46.9 Å². The molecule has 4 nitrogen and oxygen atoms in total. The lowest BCUT2D eigenvalue weighted by Crippen LogP contribution is -2.40. The summed E-state index contributed by atoms with van der Waals surface area (Å²) in [6, 6.07) is 8.56. The van der Waals surface area contributed by atoms with Crippen molar-refractivity contribution >= 4 is 6.03 Å². The van der Waals surface area contributed by atoms with Crippen molar-refractivity contribution in [1.82, 2.24) is 14.9 Å². The number of nitrogens with one attached hydrogen (secondary N) is 1. The van der Waals surface area contributed by atoms with Gasteiger partial charge in [0.15, 0.2) is 0 Å². The van der Waals surface area contributed by atoms with Crippen LogP contribution in [-0.2, 0) is 12.8 Å². The maximum atomic E-state index is 11.9. The number of rotatable bonds is 1. The van der Waals surface area contributed by atoms with E-state index in [9.17, 15) is 4.79 Å². The van der Waals surface area contributed by atoms with Gasteiger partial charge in [0.1, 0.15) is 6.33 Å². The number of aromatic nitrogens is 2. The number of benzene rings is 1. The van der Waals surface area contributed by atoms with Gasteiger partial charge in [0.25, 0.3) is 0 Å². The zero-order valence-electron chi connectivity index (χ0n) is 10.0. The fourth-order valence-corrected chi connectivity index (χ4v) is 2.45. The second-order valence-corrected chi connectivity index (χ2v) is 4.63. The number of carbonyl (C=O) groups excluding carboxylic acids is 1. The molecule has 92 valence electrons. The minimum atomic E-state index is -0.100. The molecule has 0 spiro atoms. The van der Waals surface area contributed by atoms with Crippen LogP contribution in [0.1, 0.15) is 17.5 Å². The second-order valence-electron chi connectivity index (χ2n) is 4.63. The van der Waals surface area contributed by atoms with Gasteiger partial charge in [-0.1, -0.05) is 24.3 Å². The predicted octanol–water partition coefficient (Wildman–Crippen LogP) is 2.00. The Balaban J connectivity index is 1.68. The average molecular weight is 241 g/mol. The molecule has 1 N–H and O–H groups in total. The first-order valence-corrected chi connectivity index (χ1v) is 6.18. The Hall–Kier alpha value is -2.10. The van der Waals surface area contributed by atoms with Crippen molar-refractivity contribution in [2.75, 3.05) is 0 Å². The molecule has 0 fully saturated rings. The van der Waals surface area contributed by atoms with Gasteiger partial charge in [-0.25, -0.2) is 9.78 Å². The molecule has 4 heteroatoms.